The minimum Gasteiger partial charge on any atom is -0.275 e. The molecule has 1 rings (SSSR count). The van der Waals surface area contributed by atoms with E-state index in [9.17, 15) is 4.79 Å². The lowest BCUT2D eigenvalue weighted by atomic mass is 9.90. The van der Waals surface area contributed by atoms with E-state index >= 15 is 0 Å². The number of carbonyl (C=O) groups excluding carboxylic acids is 1. The summed E-state index contributed by atoms with van der Waals surface area (Å²) in [6, 6.07) is 0. The molecule has 0 saturated heterocycles. The van der Waals surface area contributed by atoms with Crippen molar-refractivity contribution in [1.29, 1.82) is 0 Å². The van der Waals surface area contributed by atoms with Gasteiger partial charge in [0.25, 0.3) is 0 Å². The first-order chi connectivity index (χ1) is 6.15. The van der Waals surface area contributed by atoms with Crippen LogP contribution in [-0.2, 0) is 9.63 Å². The zero-order valence-electron chi connectivity index (χ0n) is 8.54. The van der Waals surface area contributed by atoms with E-state index in [2.05, 4.69) is 13.0 Å². The van der Waals surface area contributed by atoms with E-state index in [0.29, 0.717) is 0 Å². The van der Waals surface area contributed by atoms with Crippen LogP contribution in [0, 0.1) is 5.92 Å². The Bertz CT molecular complexity index is 223. The van der Waals surface area contributed by atoms with E-state index in [-0.39, 0.29) is 11.8 Å². The Kier molecular flexibility index (Phi) is 3.48. The van der Waals surface area contributed by atoms with Crippen LogP contribution in [0.4, 0.5) is 0 Å². The van der Waals surface area contributed by atoms with Crippen LogP contribution in [0.1, 0.15) is 26.2 Å². The van der Waals surface area contributed by atoms with Gasteiger partial charge in [-0.05, 0) is 26.2 Å². The summed E-state index contributed by atoms with van der Waals surface area (Å²) >= 11 is 0. The summed E-state index contributed by atoms with van der Waals surface area (Å²) < 4.78 is 0. The first-order valence-corrected chi connectivity index (χ1v) is 4.62. The molecule has 0 saturated carbocycles. The third-order valence-electron chi connectivity index (χ3n) is 2.57. The van der Waals surface area contributed by atoms with Crippen LogP contribution in [0.15, 0.2) is 11.6 Å². The predicted molar refractivity (Wildman–Crippen MR) is 50.9 cm³/mol. The molecule has 3 heteroatoms. The molecule has 0 N–H and O–H groups in total. The summed E-state index contributed by atoms with van der Waals surface area (Å²) in [4.78, 5) is 16.5. The molecule has 0 aromatic rings. The molecule has 13 heavy (non-hydrogen) atoms. The van der Waals surface area contributed by atoms with E-state index < -0.39 is 0 Å². The monoisotopic (exact) mass is 183 g/mol. The average molecular weight is 183 g/mol. The van der Waals surface area contributed by atoms with Crippen molar-refractivity contribution >= 4 is 5.91 Å². The topological polar surface area (TPSA) is 29.5 Å². The highest BCUT2D eigenvalue weighted by atomic mass is 16.7. The zero-order chi connectivity index (χ0) is 9.84. The summed E-state index contributed by atoms with van der Waals surface area (Å²) in [5.74, 6) is 0.208. The van der Waals surface area contributed by atoms with Gasteiger partial charge in [-0.1, -0.05) is 11.6 Å². The highest BCUT2D eigenvalue weighted by molar-refractivity contribution is 5.77. The molecule has 0 heterocycles. The van der Waals surface area contributed by atoms with Gasteiger partial charge in [0, 0.05) is 13.0 Å². The number of hydroxylamine groups is 2. The minimum absolute atomic E-state index is 0.0891. The molecule has 1 unspecified atom stereocenters. The van der Waals surface area contributed by atoms with Crippen molar-refractivity contribution in [2.75, 3.05) is 14.2 Å². The molecule has 0 aromatic carbocycles. The SMILES string of the molecule is CON(C)C(=O)C1CC=C(C)CC1. The highest BCUT2D eigenvalue weighted by Crippen LogP contribution is 2.24. The molecule has 0 bridgehead atoms. The van der Waals surface area contributed by atoms with Gasteiger partial charge in [-0.25, -0.2) is 5.06 Å². The number of allylic oxidation sites excluding steroid dienone is 2. The smallest absolute Gasteiger partial charge is 0.249 e. The molecule has 1 aliphatic carbocycles. The lowest BCUT2D eigenvalue weighted by molar-refractivity contribution is -0.173. The van der Waals surface area contributed by atoms with Crippen LogP contribution in [-0.4, -0.2) is 25.1 Å². The van der Waals surface area contributed by atoms with Crippen molar-refractivity contribution in [3.63, 3.8) is 0 Å². The van der Waals surface area contributed by atoms with Crippen molar-refractivity contribution < 1.29 is 9.63 Å². The van der Waals surface area contributed by atoms with E-state index in [4.69, 9.17) is 4.84 Å². The number of carbonyl (C=O) groups is 1. The molecule has 0 fully saturated rings. The van der Waals surface area contributed by atoms with Crippen LogP contribution in [0.3, 0.4) is 0 Å². The molecule has 1 aliphatic rings. The van der Waals surface area contributed by atoms with E-state index in [1.807, 2.05) is 0 Å². The fourth-order valence-corrected chi connectivity index (χ4v) is 1.54. The van der Waals surface area contributed by atoms with Crippen molar-refractivity contribution in [1.82, 2.24) is 5.06 Å². The first-order valence-electron chi connectivity index (χ1n) is 4.62. The van der Waals surface area contributed by atoms with Crippen LogP contribution < -0.4 is 0 Å². The van der Waals surface area contributed by atoms with Gasteiger partial charge in [0.1, 0.15) is 0 Å². The largest absolute Gasteiger partial charge is 0.275 e. The molecular formula is C10H17NO2. The Hall–Kier alpha value is -0.830. The Morgan fingerprint density at radius 1 is 1.69 bits per heavy atom. The Labute approximate surface area is 79.3 Å². The van der Waals surface area contributed by atoms with Crippen LogP contribution in [0.5, 0.6) is 0 Å². The third kappa shape index (κ3) is 2.56. The maximum atomic E-state index is 11.6. The zero-order valence-corrected chi connectivity index (χ0v) is 8.54. The lowest BCUT2D eigenvalue weighted by Gasteiger charge is -2.23. The molecule has 0 radical (unpaired) electrons. The lowest BCUT2D eigenvalue weighted by Crippen LogP contribution is -2.32. The average Bonchev–Trinajstić information content (AvgIpc) is 2.17. The van der Waals surface area contributed by atoms with E-state index in [0.717, 1.165) is 19.3 Å². The van der Waals surface area contributed by atoms with Gasteiger partial charge < -0.3 is 0 Å². The number of hydrogen-bond donors (Lipinski definition) is 0. The van der Waals surface area contributed by atoms with Gasteiger partial charge in [0.05, 0.1) is 7.11 Å². The standard InChI is InChI=1S/C10H17NO2/c1-8-4-6-9(7-5-8)10(12)11(2)13-3/h4,9H,5-7H2,1-3H3. The summed E-state index contributed by atoms with van der Waals surface area (Å²) in [5, 5.41) is 1.32. The van der Waals surface area contributed by atoms with Gasteiger partial charge in [0.2, 0.25) is 5.91 Å². The second-order valence-corrected chi connectivity index (χ2v) is 3.54. The quantitative estimate of drug-likeness (QED) is 0.482. The molecule has 0 aliphatic heterocycles. The van der Waals surface area contributed by atoms with Crippen molar-refractivity contribution in [3.8, 4) is 0 Å². The Morgan fingerprint density at radius 3 is 2.85 bits per heavy atom. The Morgan fingerprint density at radius 2 is 2.38 bits per heavy atom. The number of nitrogens with zero attached hydrogens (tertiary/aromatic N) is 1. The fraction of sp³-hybridized carbons (Fsp3) is 0.700. The van der Waals surface area contributed by atoms with Gasteiger partial charge >= 0.3 is 0 Å². The number of hydrogen-bond acceptors (Lipinski definition) is 2. The summed E-state index contributed by atoms with van der Waals surface area (Å²) in [6.45, 7) is 2.11. The van der Waals surface area contributed by atoms with Gasteiger partial charge in [-0.3, -0.25) is 9.63 Å². The van der Waals surface area contributed by atoms with Gasteiger partial charge in [-0.15, -0.1) is 0 Å². The van der Waals surface area contributed by atoms with Crippen molar-refractivity contribution in [2.24, 2.45) is 5.92 Å². The summed E-state index contributed by atoms with van der Waals surface area (Å²) in [7, 11) is 3.18. The fourth-order valence-electron chi connectivity index (χ4n) is 1.54. The normalized spacial score (nSPS) is 22.4. The maximum absolute atomic E-state index is 11.6. The summed E-state index contributed by atoms with van der Waals surface area (Å²) in [6.07, 6.45) is 5.00. The molecular weight excluding hydrogens is 166 g/mol. The second-order valence-electron chi connectivity index (χ2n) is 3.54. The number of amides is 1. The molecule has 3 nitrogen and oxygen atoms in total. The summed E-state index contributed by atoms with van der Waals surface area (Å²) in [5.41, 5.74) is 1.39. The molecule has 0 spiro atoms. The van der Waals surface area contributed by atoms with Crippen LogP contribution in [0.2, 0.25) is 0 Å². The first kappa shape index (κ1) is 10.3. The van der Waals surface area contributed by atoms with Crippen LogP contribution >= 0.6 is 0 Å². The molecule has 1 atom stereocenters. The second kappa shape index (κ2) is 4.42. The van der Waals surface area contributed by atoms with Gasteiger partial charge in [0.15, 0.2) is 0 Å². The molecule has 74 valence electrons. The highest BCUT2D eigenvalue weighted by Gasteiger charge is 2.23. The third-order valence-corrected chi connectivity index (χ3v) is 2.57. The molecule has 1 amide bonds. The van der Waals surface area contributed by atoms with E-state index in [1.54, 1.807) is 7.05 Å². The van der Waals surface area contributed by atoms with Crippen LogP contribution in [0.25, 0.3) is 0 Å². The Balaban J connectivity index is 2.50. The van der Waals surface area contributed by atoms with E-state index in [1.165, 1.54) is 17.7 Å². The molecule has 0 aromatic heterocycles. The van der Waals surface area contributed by atoms with Crippen molar-refractivity contribution in [2.45, 2.75) is 26.2 Å². The minimum atomic E-state index is 0.0891. The predicted octanol–water partition coefficient (Wildman–Crippen LogP) is 1.75. The van der Waals surface area contributed by atoms with Gasteiger partial charge in [-0.2, -0.15) is 0 Å². The number of rotatable bonds is 2. The van der Waals surface area contributed by atoms with Crippen molar-refractivity contribution in [3.05, 3.63) is 11.6 Å². The maximum Gasteiger partial charge on any atom is 0.249 e.